The van der Waals surface area contributed by atoms with Crippen molar-refractivity contribution in [2.75, 3.05) is 6.54 Å². The van der Waals surface area contributed by atoms with Gasteiger partial charge >= 0.3 is 0 Å². The highest BCUT2D eigenvalue weighted by Crippen LogP contribution is 2.16. The lowest BCUT2D eigenvalue weighted by Gasteiger charge is -2.25. The van der Waals surface area contributed by atoms with Crippen LogP contribution in [-0.4, -0.2) is 21.9 Å². The minimum atomic E-state index is -0.426. The molecule has 1 amide bonds. The lowest BCUT2D eigenvalue weighted by Crippen LogP contribution is -2.34. The summed E-state index contributed by atoms with van der Waals surface area (Å²) in [6.45, 7) is 5.55. The second-order valence-corrected chi connectivity index (χ2v) is 7.35. The fourth-order valence-corrected chi connectivity index (χ4v) is 3.24. The van der Waals surface area contributed by atoms with Gasteiger partial charge in [-0.2, -0.15) is 0 Å². The number of rotatable bonds is 7. The molecule has 3 nitrogen and oxygen atoms in total. The van der Waals surface area contributed by atoms with Crippen molar-refractivity contribution in [3.05, 3.63) is 95.3 Å². The van der Waals surface area contributed by atoms with Crippen molar-refractivity contribution in [2.24, 2.45) is 5.92 Å². The van der Waals surface area contributed by atoms with Gasteiger partial charge in [0.2, 0.25) is 0 Å². The van der Waals surface area contributed by atoms with Crippen molar-refractivity contribution in [3.8, 4) is 0 Å². The second kappa shape index (κ2) is 8.83. The maximum absolute atomic E-state index is 13.6. The van der Waals surface area contributed by atoms with Gasteiger partial charge in [-0.1, -0.05) is 32.0 Å². The number of amides is 1. The normalized spacial score (nSPS) is 11.0. The van der Waals surface area contributed by atoms with Crippen molar-refractivity contribution in [1.82, 2.24) is 9.47 Å². The molecule has 1 aromatic heterocycles. The van der Waals surface area contributed by atoms with Crippen molar-refractivity contribution >= 4 is 5.91 Å². The Morgan fingerprint density at radius 3 is 2.39 bits per heavy atom. The molecule has 0 N–H and O–H groups in total. The molecule has 28 heavy (non-hydrogen) atoms. The van der Waals surface area contributed by atoms with E-state index in [1.807, 2.05) is 42.8 Å². The molecule has 0 radical (unpaired) electrons. The van der Waals surface area contributed by atoms with Crippen LogP contribution in [-0.2, 0) is 13.1 Å². The summed E-state index contributed by atoms with van der Waals surface area (Å²) in [5, 5.41) is 0. The van der Waals surface area contributed by atoms with Crippen LogP contribution in [0, 0.1) is 17.6 Å². The topological polar surface area (TPSA) is 25.2 Å². The smallest absolute Gasteiger partial charge is 0.254 e. The van der Waals surface area contributed by atoms with Crippen LogP contribution in [0.1, 0.15) is 35.5 Å². The van der Waals surface area contributed by atoms with E-state index in [1.165, 1.54) is 24.3 Å². The van der Waals surface area contributed by atoms with Crippen LogP contribution in [0.5, 0.6) is 0 Å². The van der Waals surface area contributed by atoms with E-state index in [2.05, 4.69) is 0 Å². The maximum atomic E-state index is 13.6. The van der Waals surface area contributed by atoms with Crippen molar-refractivity contribution in [3.63, 3.8) is 0 Å². The molecule has 1 heterocycles. The summed E-state index contributed by atoms with van der Waals surface area (Å²) >= 11 is 0. The predicted octanol–water partition coefficient (Wildman–Crippen LogP) is 5.11. The Bertz CT molecular complexity index is 949. The first-order valence-corrected chi connectivity index (χ1v) is 9.35. The molecule has 0 unspecified atom stereocenters. The van der Waals surface area contributed by atoms with E-state index in [-0.39, 0.29) is 17.6 Å². The number of halogens is 2. The van der Waals surface area contributed by atoms with E-state index in [0.717, 1.165) is 11.3 Å². The summed E-state index contributed by atoms with van der Waals surface area (Å²) in [5.41, 5.74) is 2.13. The van der Waals surface area contributed by atoms with Crippen LogP contribution in [0.4, 0.5) is 8.78 Å². The number of hydrogen-bond acceptors (Lipinski definition) is 1. The summed E-state index contributed by atoms with van der Waals surface area (Å²) < 4.78 is 29.0. The minimum Gasteiger partial charge on any atom is -0.345 e. The maximum Gasteiger partial charge on any atom is 0.254 e. The number of nitrogens with zero attached hydrogens (tertiary/aromatic N) is 2. The Hall–Kier alpha value is -2.95. The number of benzene rings is 2. The largest absolute Gasteiger partial charge is 0.345 e. The molecule has 0 saturated carbocycles. The van der Waals surface area contributed by atoms with Gasteiger partial charge in [-0.15, -0.1) is 0 Å². The highest BCUT2D eigenvalue weighted by molar-refractivity contribution is 5.94. The van der Waals surface area contributed by atoms with Crippen molar-refractivity contribution in [1.29, 1.82) is 0 Å². The summed E-state index contributed by atoms with van der Waals surface area (Å²) in [6, 6.07) is 16.1. The summed E-state index contributed by atoms with van der Waals surface area (Å²) in [5.74, 6) is -0.630. The second-order valence-electron chi connectivity index (χ2n) is 7.35. The van der Waals surface area contributed by atoms with E-state index in [4.69, 9.17) is 0 Å². The Morgan fingerprint density at radius 2 is 1.71 bits per heavy atom. The Morgan fingerprint density at radius 1 is 1.00 bits per heavy atom. The molecule has 2 aromatic carbocycles. The minimum absolute atomic E-state index is 0.202. The monoisotopic (exact) mass is 382 g/mol. The Kier molecular flexibility index (Phi) is 6.24. The molecule has 0 aliphatic carbocycles. The average Bonchev–Trinajstić information content (AvgIpc) is 3.07. The SMILES string of the molecule is CC(C)CN(Cc1cccn1Cc1cccc(F)c1)C(=O)c1cccc(F)c1. The van der Waals surface area contributed by atoms with Crippen LogP contribution in [0.2, 0.25) is 0 Å². The zero-order chi connectivity index (χ0) is 20.1. The van der Waals surface area contributed by atoms with Crippen molar-refractivity contribution in [2.45, 2.75) is 26.9 Å². The first-order valence-electron chi connectivity index (χ1n) is 9.35. The number of carbonyl (C=O) groups is 1. The van der Waals surface area contributed by atoms with E-state index >= 15 is 0 Å². The van der Waals surface area contributed by atoms with Crippen LogP contribution in [0.25, 0.3) is 0 Å². The zero-order valence-electron chi connectivity index (χ0n) is 16.1. The zero-order valence-corrected chi connectivity index (χ0v) is 16.1. The lowest BCUT2D eigenvalue weighted by molar-refractivity contribution is 0.0718. The van der Waals surface area contributed by atoms with Gasteiger partial charge in [0.15, 0.2) is 0 Å². The fraction of sp³-hybridized carbons (Fsp3) is 0.261. The number of hydrogen-bond donors (Lipinski definition) is 0. The molecule has 0 saturated heterocycles. The predicted molar refractivity (Wildman–Crippen MR) is 106 cm³/mol. The molecular weight excluding hydrogens is 358 g/mol. The first kappa shape index (κ1) is 19.8. The van der Waals surface area contributed by atoms with Gasteiger partial charge in [-0.3, -0.25) is 4.79 Å². The third kappa shape index (κ3) is 5.06. The van der Waals surface area contributed by atoms with E-state index in [1.54, 1.807) is 23.1 Å². The Labute approximate surface area is 164 Å². The van der Waals surface area contributed by atoms with Crippen LogP contribution < -0.4 is 0 Å². The quantitative estimate of drug-likeness (QED) is 0.557. The molecule has 3 rings (SSSR count). The van der Waals surface area contributed by atoms with Gasteiger partial charge in [0, 0.05) is 30.5 Å². The van der Waals surface area contributed by atoms with Gasteiger partial charge in [0.25, 0.3) is 5.91 Å². The molecule has 0 atom stereocenters. The third-order valence-corrected chi connectivity index (χ3v) is 4.46. The molecule has 0 fully saturated rings. The van der Waals surface area contributed by atoms with Gasteiger partial charge in [-0.25, -0.2) is 8.78 Å². The van der Waals surface area contributed by atoms with E-state index < -0.39 is 5.82 Å². The number of carbonyl (C=O) groups excluding carboxylic acids is 1. The molecular formula is C23H24F2N2O. The highest BCUT2D eigenvalue weighted by Gasteiger charge is 2.19. The van der Waals surface area contributed by atoms with Crippen LogP contribution >= 0.6 is 0 Å². The standard InChI is InChI=1S/C23H24F2N2O/c1-17(2)14-27(23(28)19-7-4-9-21(25)13-19)16-22-10-5-11-26(22)15-18-6-3-8-20(24)12-18/h3-13,17H,14-16H2,1-2H3. The highest BCUT2D eigenvalue weighted by atomic mass is 19.1. The summed E-state index contributed by atoms with van der Waals surface area (Å²) in [4.78, 5) is 14.7. The Balaban J connectivity index is 1.82. The van der Waals surface area contributed by atoms with Gasteiger partial charge in [0.1, 0.15) is 11.6 Å². The van der Waals surface area contributed by atoms with E-state index in [9.17, 15) is 13.6 Å². The van der Waals surface area contributed by atoms with Gasteiger partial charge in [0.05, 0.1) is 6.54 Å². The lowest BCUT2D eigenvalue weighted by atomic mass is 10.1. The first-order chi connectivity index (χ1) is 13.4. The van der Waals surface area contributed by atoms with Crippen LogP contribution in [0.3, 0.4) is 0 Å². The molecule has 5 heteroatoms. The molecule has 146 valence electrons. The molecule has 3 aromatic rings. The summed E-state index contributed by atoms with van der Waals surface area (Å²) in [6.07, 6.45) is 1.92. The summed E-state index contributed by atoms with van der Waals surface area (Å²) in [7, 11) is 0. The number of aromatic nitrogens is 1. The van der Waals surface area contributed by atoms with Gasteiger partial charge < -0.3 is 9.47 Å². The van der Waals surface area contributed by atoms with Crippen LogP contribution in [0.15, 0.2) is 66.9 Å². The fourth-order valence-electron chi connectivity index (χ4n) is 3.24. The molecule has 0 aliphatic heterocycles. The molecule has 0 bridgehead atoms. The van der Waals surface area contributed by atoms with Gasteiger partial charge in [-0.05, 0) is 53.9 Å². The van der Waals surface area contributed by atoms with E-state index in [0.29, 0.717) is 25.2 Å². The third-order valence-electron chi connectivity index (χ3n) is 4.46. The molecule has 0 spiro atoms. The average molecular weight is 382 g/mol. The molecule has 0 aliphatic rings. The van der Waals surface area contributed by atoms with Crippen molar-refractivity contribution < 1.29 is 13.6 Å².